The third kappa shape index (κ3) is 4.34. The molecule has 1 amide bonds. The second-order valence-corrected chi connectivity index (χ2v) is 8.28. The van der Waals surface area contributed by atoms with Crippen molar-refractivity contribution < 1.29 is 18.0 Å². The summed E-state index contributed by atoms with van der Waals surface area (Å²) in [6.07, 6.45) is -2.38. The van der Waals surface area contributed by atoms with E-state index in [0.29, 0.717) is 31.0 Å². The van der Waals surface area contributed by atoms with E-state index in [1.165, 1.54) is 12.4 Å². The van der Waals surface area contributed by atoms with Crippen LogP contribution >= 0.6 is 11.6 Å². The number of carbonyl (C=O) groups excluding carboxylic acids is 1. The molecule has 9 nitrogen and oxygen atoms in total. The summed E-state index contributed by atoms with van der Waals surface area (Å²) in [7, 11) is 0. The van der Waals surface area contributed by atoms with Crippen molar-refractivity contribution >= 4 is 28.9 Å². The topological polar surface area (TPSA) is 111 Å². The highest BCUT2D eigenvalue weighted by Gasteiger charge is 2.47. The SMILES string of the molecule is NC1NN2CC(Cl)CNC2C1C(=O)Nc1cnccc1N1CCNC(C(F)(F)F)C1. The summed E-state index contributed by atoms with van der Waals surface area (Å²) in [6.45, 7) is 1.37. The average Bonchev–Trinajstić information content (AvgIpc) is 3.02. The van der Waals surface area contributed by atoms with Gasteiger partial charge in [0, 0.05) is 38.9 Å². The molecule has 0 bridgehead atoms. The number of rotatable bonds is 3. The number of halogens is 4. The first-order valence-electron chi connectivity index (χ1n) is 9.70. The van der Waals surface area contributed by atoms with Crippen LogP contribution in [0.25, 0.3) is 0 Å². The molecule has 3 fully saturated rings. The molecular formula is C17H24ClF3N8O. The zero-order valence-electron chi connectivity index (χ0n) is 16.0. The van der Waals surface area contributed by atoms with Crippen molar-refractivity contribution in [3.05, 3.63) is 18.5 Å². The summed E-state index contributed by atoms with van der Waals surface area (Å²) in [5.74, 6) is -0.965. The number of hydrazine groups is 1. The molecule has 0 radical (unpaired) electrons. The van der Waals surface area contributed by atoms with Gasteiger partial charge in [-0.15, -0.1) is 11.6 Å². The Bertz CT molecular complexity index is 784. The first kappa shape index (κ1) is 21.5. The van der Waals surface area contributed by atoms with Crippen molar-refractivity contribution in [2.45, 2.75) is 29.9 Å². The second kappa shape index (κ2) is 8.44. The number of fused-ring (bicyclic) bond motifs is 1. The van der Waals surface area contributed by atoms with Crippen LogP contribution in [0.3, 0.4) is 0 Å². The predicted octanol–water partition coefficient (Wildman–Crippen LogP) is -0.381. The third-order valence-electron chi connectivity index (χ3n) is 5.59. The number of hydrogen-bond donors (Lipinski definition) is 5. The van der Waals surface area contributed by atoms with E-state index in [0.717, 1.165) is 0 Å². The summed E-state index contributed by atoms with van der Waals surface area (Å²) in [5.41, 5.74) is 10.0. The molecule has 0 spiro atoms. The van der Waals surface area contributed by atoms with Gasteiger partial charge in [-0.3, -0.25) is 15.1 Å². The maximum atomic E-state index is 13.2. The molecule has 0 aromatic carbocycles. The van der Waals surface area contributed by atoms with Crippen molar-refractivity contribution in [3.63, 3.8) is 0 Å². The number of amides is 1. The van der Waals surface area contributed by atoms with Crippen molar-refractivity contribution in [2.75, 3.05) is 42.9 Å². The van der Waals surface area contributed by atoms with Gasteiger partial charge in [0.2, 0.25) is 5.91 Å². The molecule has 1 aromatic heterocycles. The molecule has 3 aliphatic heterocycles. The second-order valence-electron chi connectivity index (χ2n) is 7.66. The minimum absolute atomic E-state index is 0.109. The number of hydrogen-bond acceptors (Lipinski definition) is 8. The maximum absolute atomic E-state index is 13.2. The summed E-state index contributed by atoms with van der Waals surface area (Å²) >= 11 is 6.15. The minimum atomic E-state index is -4.35. The summed E-state index contributed by atoms with van der Waals surface area (Å²) in [4.78, 5) is 18.7. The van der Waals surface area contributed by atoms with Crippen LogP contribution < -0.4 is 32.0 Å². The smallest absolute Gasteiger partial charge is 0.367 e. The van der Waals surface area contributed by atoms with Crippen LogP contribution in [-0.4, -0.2) is 78.6 Å². The Morgan fingerprint density at radius 1 is 1.33 bits per heavy atom. The highest BCUT2D eigenvalue weighted by molar-refractivity contribution is 6.21. The average molecular weight is 449 g/mol. The van der Waals surface area contributed by atoms with Gasteiger partial charge in [-0.05, 0) is 6.07 Å². The number of aromatic nitrogens is 1. The van der Waals surface area contributed by atoms with Crippen LogP contribution in [0.2, 0.25) is 0 Å². The van der Waals surface area contributed by atoms with Gasteiger partial charge >= 0.3 is 6.18 Å². The first-order chi connectivity index (χ1) is 14.2. The van der Waals surface area contributed by atoms with Crippen LogP contribution in [-0.2, 0) is 4.79 Å². The Morgan fingerprint density at radius 3 is 2.90 bits per heavy atom. The van der Waals surface area contributed by atoms with Crippen LogP contribution in [0.1, 0.15) is 0 Å². The summed E-state index contributed by atoms with van der Waals surface area (Å²) in [6, 6.07) is -0.0383. The molecule has 13 heteroatoms. The van der Waals surface area contributed by atoms with Crippen LogP contribution in [0.4, 0.5) is 24.5 Å². The monoisotopic (exact) mass is 448 g/mol. The van der Waals surface area contributed by atoms with E-state index in [2.05, 4.69) is 26.4 Å². The maximum Gasteiger partial charge on any atom is 0.405 e. The molecule has 6 N–H and O–H groups in total. The minimum Gasteiger partial charge on any atom is -0.367 e. The molecule has 166 valence electrons. The fourth-order valence-corrected chi connectivity index (χ4v) is 4.38. The van der Waals surface area contributed by atoms with Gasteiger partial charge < -0.3 is 21.3 Å². The lowest BCUT2D eigenvalue weighted by atomic mass is 10.0. The molecular weight excluding hydrogens is 425 g/mol. The van der Waals surface area contributed by atoms with Gasteiger partial charge in [0.25, 0.3) is 0 Å². The highest BCUT2D eigenvalue weighted by Crippen LogP contribution is 2.31. The first-order valence-corrected chi connectivity index (χ1v) is 10.1. The molecule has 1 aromatic rings. The van der Waals surface area contributed by atoms with E-state index in [4.69, 9.17) is 17.3 Å². The Kier molecular flexibility index (Phi) is 6.06. The highest BCUT2D eigenvalue weighted by atomic mass is 35.5. The van der Waals surface area contributed by atoms with Crippen LogP contribution in [0.5, 0.6) is 0 Å². The van der Waals surface area contributed by atoms with E-state index in [1.807, 2.05) is 5.01 Å². The quantitative estimate of drug-likeness (QED) is 0.398. The van der Waals surface area contributed by atoms with Gasteiger partial charge in [-0.1, -0.05) is 0 Å². The van der Waals surface area contributed by atoms with Gasteiger partial charge in [0.15, 0.2) is 0 Å². The standard InChI is InChI=1S/C17H24ClF3N8O/c18-9-5-25-15-13(14(22)27-29(15)7-9)16(30)26-10-6-23-2-1-11(10)28-4-3-24-12(8-28)17(19,20)21/h1-2,6,9,12-15,24-25,27H,3-5,7-8,22H2,(H,26,30). The van der Waals surface area contributed by atoms with Gasteiger partial charge in [0.05, 0.1) is 41.2 Å². The lowest BCUT2D eigenvalue weighted by Crippen LogP contribution is -2.58. The van der Waals surface area contributed by atoms with E-state index in [1.54, 1.807) is 11.0 Å². The molecule has 0 aliphatic carbocycles. The van der Waals surface area contributed by atoms with E-state index in [9.17, 15) is 18.0 Å². The number of nitrogens with one attached hydrogen (secondary N) is 4. The number of carbonyl (C=O) groups is 1. The van der Waals surface area contributed by atoms with Crippen molar-refractivity contribution in [2.24, 2.45) is 11.7 Å². The normalized spacial score (nSPS) is 32.7. The molecule has 0 saturated carbocycles. The Labute approximate surface area is 176 Å². The molecule has 5 unspecified atom stereocenters. The van der Waals surface area contributed by atoms with Gasteiger partial charge in [0.1, 0.15) is 6.04 Å². The number of alkyl halides is 4. The van der Waals surface area contributed by atoms with Crippen LogP contribution in [0.15, 0.2) is 18.5 Å². The summed E-state index contributed by atoms with van der Waals surface area (Å²) < 4.78 is 39.5. The lowest BCUT2D eigenvalue weighted by molar-refractivity contribution is -0.155. The largest absolute Gasteiger partial charge is 0.405 e. The fourth-order valence-electron chi connectivity index (χ4n) is 4.14. The van der Waals surface area contributed by atoms with Crippen LogP contribution in [0, 0.1) is 5.92 Å². The van der Waals surface area contributed by atoms with E-state index in [-0.39, 0.29) is 30.5 Å². The zero-order valence-corrected chi connectivity index (χ0v) is 16.7. The number of pyridine rings is 1. The molecule has 5 atom stereocenters. The number of piperazine rings is 1. The molecule has 30 heavy (non-hydrogen) atoms. The Balaban J connectivity index is 1.50. The van der Waals surface area contributed by atoms with Crippen molar-refractivity contribution in [3.8, 4) is 0 Å². The molecule has 3 saturated heterocycles. The lowest BCUT2D eigenvalue weighted by Gasteiger charge is -2.37. The van der Waals surface area contributed by atoms with E-state index < -0.39 is 24.3 Å². The molecule has 4 heterocycles. The van der Waals surface area contributed by atoms with Gasteiger partial charge in [-0.2, -0.15) is 13.2 Å². The number of nitrogens with two attached hydrogens (primary N) is 1. The summed E-state index contributed by atoms with van der Waals surface area (Å²) in [5, 5.41) is 10.2. The van der Waals surface area contributed by atoms with E-state index >= 15 is 0 Å². The van der Waals surface area contributed by atoms with Gasteiger partial charge in [-0.25, -0.2) is 10.4 Å². The Morgan fingerprint density at radius 2 is 2.13 bits per heavy atom. The third-order valence-corrected chi connectivity index (χ3v) is 5.88. The fraction of sp³-hybridized carbons (Fsp3) is 0.647. The van der Waals surface area contributed by atoms with Crippen molar-refractivity contribution in [1.82, 2.24) is 26.1 Å². The number of nitrogens with zero attached hydrogens (tertiary/aromatic N) is 3. The molecule has 4 rings (SSSR count). The predicted molar refractivity (Wildman–Crippen MR) is 106 cm³/mol. The molecule has 3 aliphatic rings. The number of anilines is 2. The van der Waals surface area contributed by atoms with Crippen molar-refractivity contribution in [1.29, 1.82) is 0 Å². The Hall–Kier alpha value is -1.70. The zero-order chi connectivity index (χ0) is 21.5.